The van der Waals surface area contributed by atoms with Crippen molar-refractivity contribution in [2.75, 3.05) is 20.6 Å². The molecule has 156 valence electrons. The highest BCUT2D eigenvalue weighted by Gasteiger charge is 2.30. The van der Waals surface area contributed by atoms with E-state index in [2.05, 4.69) is 41.4 Å². The van der Waals surface area contributed by atoms with Crippen molar-refractivity contribution in [2.45, 2.75) is 38.6 Å². The van der Waals surface area contributed by atoms with Crippen LogP contribution in [-0.4, -0.2) is 36.4 Å². The maximum atomic E-state index is 12.6. The molecule has 3 rings (SSSR count). The standard InChI is InChI=1S/C23H30ClN3OS/c1-15-21(20(29)12-13-25-15)23(28)26-14-16-4-6-17(7-5-16)22(27(2)3)18-8-10-19(24)11-9-18/h8-13,16-17,22H,4-7,14H2,1-3H3,(H,25,29)(H,26,28). The second-order valence-electron chi connectivity index (χ2n) is 8.29. The van der Waals surface area contributed by atoms with Gasteiger partial charge in [0.25, 0.3) is 5.91 Å². The first-order valence-electron chi connectivity index (χ1n) is 10.2. The summed E-state index contributed by atoms with van der Waals surface area (Å²) in [5, 5.41) is 3.88. The summed E-state index contributed by atoms with van der Waals surface area (Å²) in [6.07, 6.45) is 6.36. The Hall–Kier alpha value is -1.69. The van der Waals surface area contributed by atoms with Crippen molar-refractivity contribution in [2.24, 2.45) is 11.8 Å². The highest BCUT2D eigenvalue weighted by Crippen LogP contribution is 2.39. The van der Waals surface area contributed by atoms with Gasteiger partial charge in [0, 0.05) is 29.5 Å². The van der Waals surface area contributed by atoms with Gasteiger partial charge in [0.1, 0.15) is 0 Å². The number of halogens is 1. The Morgan fingerprint density at radius 2 is 1.86 bits per heavy atom. The lowest BCUT2D eigenvalue weighted by molar-refractivity contribution is 0.0933. The van der Waals surface area contributed by atoms with Crippen molar-refractivity contribution in [3.8, 4) is 0 Å². The molecule has 1 atom stereocenters. The maximum Gasteiger partial charge on any atom is 0.254 e. The van der Waals surface area contributed by atoms with Crippen LogP contribution in [0.1, 0.15) is 53.3 Å². The SMILES string of the molecule is Cc1[nH]ccc(=S)c1C(=O)NCC1CCC(C(c2ccc(Cl)cc2)N(C)C)CC1. The molecule has 1 unspecified atom stereocenters. The third-order valence-corrected chi connectivity index (χ3v) is 6.63. The molecule has 0 radical (unpaired) electrons. The zero-order valence-corrected chi connectivity index (χ0v) is 18.9. The molecule has 0 bridgehead atoms. The van der Waals surface area contributed by atoms with Crippen molar-refractivity contribution in [1.29, 1.82) is 0 Å². The van der Waals surface area contributed by atoms with E-state index in [1.807, 2.05) is 19.1 Å². The number of pyridine rings is 1. The molecule has 29 heavy (non-hydrogen) atoms. The number of aromatic amines is 1. The van der Waals surface area contributed by atoms with Gasteiger partial charge in [-0.2, -0.15) is 0 Å². The summed E-state index contributed by atoms with van der Waals surface area (Å²) in [6.45, 7) is 2.59. The number of H-pyrrole nitrogens is 1. The number of aryl methyl sites for hydroxylation is 1. The van der Waals surface area contributed by atoms with Crippen LogP contribution >= 0.6 is 23.8 Å². The first-order valence-corrected chi connectivity index (χ1v) is 11.0. The Kier molecular flexibility index (Phi) is 7.49. The number of amides is 1. The van der Waals surface area contributed by atoms with E-state index in [4.69, 9.17) is 23.8 Å². The summed E-state index contributed by atoms with van der Waals surface area (Å²) in [4.78, 5) is 18.0. The number of carbonyl (C=O) groups excluding carboxylic acids is 1. The van der Waals surface area contributed by atoms with Crippen LogP contribution in [0.3, 0.4) is 0 Å². The van der Waals surface area contributed by atoms with Gasteiger partial charge in [-0.1, -0.05) is 36.0 Å². The van der Waals surface area contributed by atoms with E-state index in [1.165, 1.54) is 5.56 Å². The molecule has 0 saturated heterocycles. The molecular weight excluding hydrogens is 402 g/mol. The van der Waals surface area contributed by atoms with Gasteiger partial charge in [0.2, 0.25) is 0 Å². The zero-order valence-electron chi connectivity index (χ0n) is 17.4. The molecule has 0 aliphatic heterocycles. The molecule has 1 aromatic heterocycles. The highest BCUT2D eigenvalue weighted by atomic mass is 35.5. The normalized spacial score (nSPS) is 20.4. The van der Waals surface area contributed by atoms with Crippen LogP contribution in [0.25, 0.3) is 0 Å². The van der Waals surface area contributed by atoms with Gasteiger partial charge in [-0.25, -0.2) is 0 Å². The van der Waals surface area contributed by atoms with Gasteiger partial charge in [-0.05, 0) is 82.3 Å². The molecule has 0 spiro atoms. The molecule has 4 nitrogen and oxygen atoms in total. The minimum atomic E-state index is -0.0706. The predicted octanol–water partition coefficient (Wildman–Crippen LogP) is 5.55. The number of nitrogens with one attached hydrogen (secondary N) is 2. The van der Waals surface area contributed by atoms with E-state index < -0.39 is 0 Å². The van der Waals surface area contributed by atoms with Crippen LogP contribution in [0.2, 0.25) is 5.02 Å². The smallest absolute Gasteiger partial charge is 0.254 e. The van der Waals surface area contributed by atoms with Crippen molar-refractivity contribution in [1.82, 2.24) is 15.2 Å². The Labute approximate surface area is 183 Å². The summed E-state index contributed by atoms with van der Waals surface area (Å²) < 4.78 is 0.597. The summed E-state index contributed by atoms with van der Waals surface area (Å²) in [7, 11) is 4.30. The Balaban J connectivity index is 1.56. The zero-order chi connectivity index (χ0) is 21.0. The van der Waals surface area contributed by atoms with Crippen LogP contribution < -0.4 is 5.32 Å². The van der Waals surface area contributed by atoms with E-state index in [9.17, 15) is 4.79 Å². The average Bonchev–Trinajstić information content (AvgIpc) is 2.68. The van der Waals surface area contributed by atoms with Crippen LogP contribution in [0, 0.1) is 23.3 Å². The number of carbonyl (C=O) groups is 1. The first-order chi connectivity index (χ1) is 13.9. The second kappa shape index (κ2) is 9.88. The fourth-order valence-corrected chi connectivity index (χ4v) is 4.99. The maximum absolute atomic E-state index is 12.6. The molecule has 1 saturated carbocycles. The predicted molar refractivity (Wildman–Crippen MR) is 122 cm³/mol. The lowest BCUT2D eigenvalue weighted by Gasteiger charge is -2.37. The van der Waals surface area contributed by atoms with Crippen molar-refractivity contribution >= 4 is 29.7 Å². The van der Waals surface area contributed by atoms with Crippen molar-refractivity contribution < 1.29 is 4.79 Å². The number of rotatable bonds is 6. The Bertz CT molecular complexity index is 886. The number of aromatic nitrogens is 1. The molecule has 1 aliphatic rings. The average molecular weight is 432 g/mol. The second-order valence-corrected chi connectivity index (χ2v) is 9.17. The van der Waals surface area contributed by atoms with E-state index in [0.29, 0.717) is 34.5 Å². The van der Waals surface area contributed by atoms with E-state index in [-0.39, 0.29) is 5.91 Å². The van der Waals surface area contributed by atoms with Crippen LogP contribution in [-0.2, 0) is 0 Å². The molecule has 2 N–H and O–H groups in total. The van der Waals surface area contributed by atoms with Crippen LogP contribution in [0.15, 0.2) is 36.5 Å². The van der Waals surface area contributed by atoms with E-state index >= 15 is 0 Å². The van der Waals surface area contributed by atoms with Gasteiger partial charge in [-0.3, -0.25) is 4.79 Å². The minimum absolute atomic E-state index is 0.0706. The van der Waals surface area contributed by atoms with Gasteiger partial charge in [0.15, 0.2) is 0 Å². The topological polar surface area (TPSA) is 48.1 Å². The van der Waals surface area contributed by atoms with E-state index in [1.54, 1.807) is 12.3 Å². The van der Waals surface area contributed by atoms with Gasteiger partial charge in [0.05, 0.1) is 10.1 Å². The molecule has 1 aromatic carbocycles. The highest BCUT2D eigenvalue weighted by molar-refractivity contribution is 7.71. The fraction of sp³-hybridized carbons (Fsp3) is 0.478. The molecule has 1 heterocycles. The Morgan fingerprint density at radius 3 is 2.45 bits per heavy atom. The van der Waals surface area contributed by atoms with Crippen molar-refractivity contribution in [3.63, 3.8) is 0 Å². The number of benzene rings is 1. The number of hydrogen-bond donors (Lipinski definition) is 2. The molecule has 1 aliphatic carbocycles. The molecular formula is C23H30ClN3OS. The lowest BCUT2D eigenvalue weighted by atomic mass is 9.76. The summed E-state index contributed by atoms with van der Waals surface area (Å²) >= 11 is 11.4. The molecule has 6 heteroatoms. The first kappa shape index (κ1) is 22.0. The Morgan fingerprint density at radius 1 is 1.21 bits per heavy atom. The summed E-state index contributed by atoms with van der Waals surface area (Å²) in [5.74, 6) is 1.06. The quantitative estimate of drug-likeness (QED) is 0.590. The van der Waals surface area contributed by atoms with Gasteiger partial charge < -0.3 is 15.2 Å². The summed E-state index contributed by atoms with van der Waals surface area (Å²) in [5.41, 5.74) is 2.73. The van der Waals surface area contributed by atoms with Gasteiger partial charge >= 0.3 is 0 Å². The van der Waals surface area contributed by atoms with Crippen LogP contribution in [0.4, 0.5) is 0 Å². The van der Waals surface area contributed by atoms with Crippen molar-refractivity contribution in [3.05, 3.63) is 62.9 Å². The molecule has 2 aromatic rings. The molecule has 1 amide bonds. The third-order valence-electron chi connectivity index (χ3n) is 6.04. The fourth-order valence-electron chi connectivity index (χ4n) is 4.55. The third kappa shape index (κ3) is 5.47. The lowest BCUT2D eigenvalue weighted by Crippen LogP contribution is -2.34. The van der Waals surface area contributed by atoms with E-state index in [0.717, 1.165) is 36.4 Å². The number of nitrogens with zero attached hydrogens (tertiary/aromatic N) is 1. The largest absolute Gasteiger partial charge is 0.364 e. The minimum Gasteiger partial charge on any atom is -0.364 e. The molecule has 1 fully saturated rings. The monoisotopic (exact) mass is 431 g/mol. The van der Waals surface area contributed by atoms with Gasteiger partial charge in [-0.15, -0.1) is 0 Å². The number of hydrogen-bond acceptors (Lipinski definition) is 3. The summed E-state index contributed by atoms with van der Waals surface area (Å²) in [6, 6.07) is 10.4. The van der Waals surface area contributed by atoms with Crippen LogP contribution in [0.5, 0.6) is 0 Å².